The van der Waals surface area contributed by atoms with E-state index in [0.717, 1.165) is 16.3 Å². The first-order valence-corrected chi connectivity index (χ1v) is 10.7. The first kappa shape index (κ1) is 20.7. The van der Waals surface area contributed by atoms with E-state index < -0.39 is 0 Å². The van der Waals surface area contributed by atoms with E-state index in [1.165, 1.54) is 0 Å². The average Bonchev–Trinajstić information content (AvgIpc) is 3.27. The lowest BCUT2D eigenvalue weighted by Crippen LogP contribution is -2.34. The first-order valence-electron chi connectivity index (χ1n) is 10.3. The predicted octanol–water partition coefficient (Wildman–Crippen LogP) is 5.78. The summed E-state index contributed by atoms with van der Waals surface area (Å²) in [5.74, 6) is 0.917. The van der Waals surface area contributed by atoms with Gasteiger partial charge in [-0.05, 0) is 65.5 Å². The maximum absolute atomic E-state index is 12.7. The summed E-state index contributed by atoms with van der Waals surface area (Å²) in [5.41, 5.74) is 3.40. The van der Waals surface area contributed by atoms with Crippen LogP contribution in [-0.4, -0.2) is 23.1 Å². The number of nitrogens with one attached hydrogen (secondary N) is 2. The molecule has 0 aliphatic heterocycles. The fourth-order valence-electron chi connectivity index (χ4n) is 3.56. The number of thiocarbonyl (C=S) groups is 1. The van der Waals surface area contributed by atoms with Crippen LogP contribution in [0.3, 0.4) is 0 Å². The second-order valence-electron chi connectivity index (χ2n) is 7.40. The quantitative estimate of drug-likeness (QED) is 0.336. The molecule has 1 amide bonds. The molecule has 4 aromatic carbocycles. The number of carbonyl (C=O) groups is 1. The molecule has 7 heteroatoms. The van der Waals surface area contributed by atoms with Crippen molar-refractivity contribution in [1.29, 1.82) is 0 Å². The van der Waals surface area contributed by atoms with Crippen molar-refractivity contribution in [2.24, 2.45) is 0 Å². The minimum Gasteiger partial charge on any atom is -0.497 e. The van der Waals surface area contributed by atoms with Crippen molar-refractivity contribution in [2.75, 3.05) is 12.4 Å². The first-order chi connectivity index (χ1) is 16.1. The number of amides is 1. The molecule has 33 heavy (non-hydrogen) atoms. The third-order valence-electron chi connectivity index (χ3n) is 5.20. The van der Waals surface area contributed by atoms with Crippen LogP contribution >= 0.6 is 12.2 Å². The number of nitrogens with zero attached hydrogens (tertiary/aromatic N) is 1. The average molecular weight is 454 g/mol. The summed E-state index contributed by atoms with van der Waals surface area (Å²) in [6.07, 6.45) is 0. The summed E-state index contributed by atoms with van der Waals surface area (Å²) in [6.45, 7) is 0. The molecule has 0 aliphatic rings. The Kier molecular flexibility index (Phi) is 5.46. The Bertz CT molecular complexity index is 1510. The molecule has 162 valence electrons. The summed E-state index contributed by atoms with van der Waals surface area (Å²) >= 11 is 5.35. The van der Waals surface area contributed by atoms with E-state index in [1.807, 2.05) is 78.9 Å². The molecule has 5 aromatic rings. The molecule has 1 aromatic heterocycles. The van der Waals surface area contributed by atoms with Gasteiger partial charge in [0.25, 0.3) is 5.91 Å². The van der Waals surface area contributed by atoms with Crippen molar-refractivity contribution in [3.63, 3.8) is 0 Å². The zero-order valence-electron chi connectivity index (χ0n) is 17.7. The summed E-state index contributed by atoms with van der Waals surface area (Å²) in [4.78, 5) is 17.2. The van der Waals surface area contributed by atoms with Gasteiger partial charge in [-0.1, -0.05) is 36.4 Å². The second kappa shape index (κ2) is 8.72. The Hall–Kier alpha value is -4.23. The van der Waals surface area contributed by atoms with Crippen molar-refractivity contribution >= 4 is 50.8 Å². The number of oxazole rings is 1. The number of aromatic nitrogens is 1. The Morgan fingerprint density at radius 1 is 0.939 bits per heavy atom. The number of carbonyl (C=O) groups excluding carboxylic acids is 1. The van der Waals surface area contributed by atoms with Crippen molar-refractivity contribution in [3.8, 4) is 17.2 Å². The van der Waals surface area contributed by atoms with Gasteiger partial charge in [0.05, 0.1) is 7.11 Å². The Labute approximate surface area is 195 Å². The number of benzene rings is 4. The van der Waals surface area contributed by atoms with Crippen molar-refractivity contribution < 1.29 is 13.9 Å². The van der Waals surface area contributed by atoms with Crippen LogP contribution in [0.4, 0.5) is 5.69 Å². The van der Waals surface area contributed by atoms with Gasteiger partial charge in [0.2, 0.25) is 5.89 Å². The molecule has 0 atom stereocenters. The van der Waals surface area contributed by atoms with Gasteiger partial charge in [-0.25, -0.2) is 4.98 Å². The number of rotatable bonds is 4. The molecule has 0 unspecified atom stereocenters. The van der Waals surface area contributed by atoms with E-state index >= 15 is 0 Å². The van der Waals surface area contributed by atoms with Crippen LogP contribution in [0.1, 0.15) is 10.4 Å². The Balaban J connectivity index is 1.30. The standard InChI is InChI=1S/C26H19N3O3S/c1-31-21-11-12-23-22(15-21)28-25(32-23)19-7-4-8-20(14-19)27-26(33)29-24(30)18-10-9-16-5-2-3-6-17(16)13-18/h2-15H,1H3,(H2,27,29,30,33). The summed E-state index contributed by atoms with van der Waals surface area (Å²) < 4.78 is 11.1. The van der Waals surface area contributed by atoms with Gasteiger partial charge in [0, 0.05) is 22.9 Å². The number of fused-ring (bicyclic) bond motifs is 2. The molecule has 0 saturated heterocycles. The van der Waals surface area contributed by atoms with E-state index in [2.05, 4.69) is 15.6 Å². The second-order valence-corrected chi connectivity index (χ2v) is 7.81. The maximum atomic E-state index is 12.7. The molecular formula is C26H19N3O3S. The zero-order chi connectivity index (χ0) is 22.8. The topological polar surface area (TPSA) is 76.4 Å². The van der Waals surface area contributed by atoms with Crippen molar-refractivity contribution in [2.45, 2.75) is 0 Å². The summed E-state index contributed by atoms with van der Waals surface area (Å²) in [5, 5.41) is 8.05. The van der Waals surface area contributed by atoms with Crippen LogP contribution in [0.2, 0.25) is 0 Å². The van der Waals surface area contributed by atoms with Gasteiger partial charge in [-0.2, -0.15) is 0 Å². The smallest absolute Gasteiger partial charge is 0.257 e. The van der Waals surface area contributed by atoms with E-state index in [1.54, 1.807) is 13.2 Å². The van der Waals surface area contributed by atoms with Crippen LogP contribution in [0.15, 0.2) is 89.3 Å². The summed E-state index contributed by atoms with van der Waals surface area (Å²) in [6, 6.07) is 26.4. The van der Waals surface area contributed by atoms with Gasteiger partial charge in [0.1, 0.15) is 11.3 Å². The maximum Gasteiger partial charge on any atom is 0.257 e. The minimum absolute atomic E-state index is 0.201. The van der Waals surface area contributed by atoms with Gasteiger partial charge in [0.15, 0.2) is 10.7 Å². The molecule has 0 bridgehead atoms. The van der Waals surface area contributed by atoms with E-state index in [-0.39, 0.29) is 11.0 Å². The van der Waals surface area contributed by atoms with Crippen LogP contribution in [0.5, 0.6) is 5.75 Å². The van der Waals surface area contributed by atoms with Gasteiger partial charge in [-0.15, -0.1) is 0 Å². The fourth-order valence-corrected chi connectivity index (χ4v) is 3.77. The lowest BCUT2D eigenvalue weighted by atomic mass is 10.1. The molecule has 6 nitrogen and oxygen atoms in total. The Morgan fingerprint density at radius 3 is 2.64 bits per heavy atom. The highest BCUT2D eigenvalue weighted by Gasteiger charge is 2.12. The SMILES string of the molecule is COc1ccc2oc(-c3cccc(NC(=S)NC(=O)c4ccc5ccccc5c4)c3)nc2c1. The predicted molar refractivity (Wildman–Crippen MR) is 134 cm³/mol. The fraction of sp³-hybridized carbons (Fsp3) is 0.0385. The lowest BCUT2D eigenvalue weighted by molar-refractivity contribution is 0.0978. The van der Waals surface area contributed by atoms with E-state index in [9.17, 15) is 4.79 Å². The highest BCUT2D eigenvalue weighted by Crippen LogP contribution is 2.28. The minimum atomic E-state index is -0.276. The monoisotopic (exact) mass is 453 g/mol. The molecule has 1 heterocycles. The van der Waals surface area contributed by atoms with Gasteiger partial charge >= 0.3 is 0 Å². The molecule has 0 radical (unpaired) electrons. The molecular weight excluding hydrogens is 434 g/mol. The number of ether oxygens (including phenoxy) is 1. The molecule has 0 fully saturated rings. The summed E-state index contributed by atoms with van der Waals surface area (Å²) in [7, 11) is 1.61. The molecule has 0 aliphatic carbocycles. The molecule has 0 saturated carbocycles. The Morgan fingerprint density at radius 2 is 1.79 bits per heavy atom. The number of methoxy groups -OCH3 is 1. The highest BCUT2D eigenvalue weighted by molar-refractivity contribution is 7.80. The number of hydrogen-bond acceptors (Lipinski definition) is 5. The molecule has 2 N–H and O–H groups in total. The lowest BCUT2D eigenvalue weighted by Gasteiger charge is -2.10. The largest absolute Gasteiger partial charge is 0.497 e. The zero-order valence-corrected chi connectivity index (χ0v) is 18.5. The number of hydrogen-bond donors (Lipinski definition) is 2. The van der Waals surface area contributed by atoms with E-state index in [0.29, 0.717) is 34.0 Å². The van der Waals surface area contributed by atoms with Crippen molar-refractivity contribution in [1.82, 2.24) is 10.3 Å². The third kappa shape index (κ3) is 4.40. The van der Waals surface area contributed by atoms with Gasteiger partial charge < -0.3 is 14.5 Å². The third-order valence-corrected chi connectivity index (χ3v) is 5.40. The van der Waals surface area contributed by atoms with Crippen LogP contribution in [0, 0.1) is 0 Å². The normalized spacial score (nSPS) is 10.8. The van der Waals surface area contributed by atoms with Crippen LogP contribution in [0.25, 0.3) is 33.3 Å². The van der Waals surface area contributed by atoms with Crippen molar-refractivity contribution in [3.05, 3.63) is 90.5 Å². The highest BCUT2D eigenvalue weighted by atomic mass is 32.1. The molecule has 0 spiro atoms. The van der Waals surface area contributed by atoms with Crippen LogP contribution in [-0.2, 0) is 0 Å². The van der Waals surface area contributed by atoms with Crippen LogP contribution < -0.4 is 15.4 Å². The molecule has 5 rings (SSSR count). The number of anilines is 1. The van der Waals surface area contributed by atoms with Gasteiger partial charge in [-0.3, -0.25) is 10.1 Å². The van der Waals surface area contributed by atoms with E-state index in [4.69, 9.17) is 21.4 Å².